The molecule has 0 atom stereocenters. The molecule has 4 heteroatoms. The maximum atomic E-state index is 8.72. The van der Waals surface area contributed by atoms with Crippen molar-refractivity contribution in [2.24, 2.45) is 0 Å². The lowest BCUT2D eigenvalue weighted by molar-refractivity contribution is 0.0510. The molecule has 1 aromatic carbocycles. The van der Waals surface area contributed by atoms with E-state index in [-0.39, 0.29) is 6.79 Å². The Morgan fingerprint density at radius 2 is 1.93 bits per heavy atom. The summed E-state index contributed by atoms with van der Waals surface area (Å²) in [6, 6.07) is 6.98. The van der Waals surface area contributed by atoms with Crippen molar-refractivity contribution in [3.05, 3.63) is 23.8 Å². The highest BCUT2D eigenvalue weighted by atomic mass is 16.7. The Bertz CT molecular complexity index is 344. The molecule has 0 fully saturated rings. The van der Waals surface area contributed by atoms with Crippen LogP contribution in [0, 0.1) is 11.3 Å². The topological polar surface area (TPSA) is 51.5 Å². The van der Waals surface area contributed by atoms with Crippen LogP contribution < -0.4 is 9.47 Å². The molecule has 14 heavy (non-hydrogen) atoms. The summed E-state index contributed by atoms with van der Waals surface area (Å²) in [4.78, 5) is 0. The zero-order valence-corrected chi connectivity index (χ0v) is 8.11. The molecule has 0 amide bonds. The third-order valence-corrected chi connectivity index (χ3v) is 1.59. The Kier molecular flexibility index (Phi) is 3.77. The second-order valence-corrected chi connectivity index (χ2v) is 2.56. The van der Waals surface area contributed by atoms with Crippen LogP contribution in [0.25, 0.3) is 0 Å². The first-order valence-corrected chi connectivity index (χ1v) is 4.01. The largest absolute Gasteiger partial charge is 0.497 e. The van der Waals surface area contributed by atoms with E-state index >= 15 is 0 Å². The Labute approximate surface area is 82.6 Å². The minimum atomic E-state index is 0.151. The Hall–Kier alpha value is -1.73. The predicted octanol–water partition coefficient (Wildman–Crippen LogP) is 1.55. The smallest absolute Gasteiger partial charge is 0.188 e. The summed E-state index contributed by atoms with van der Waals surface area (Å²) in [6.07, 6.45) is 0. The Morgan fingerprint density at radius 3 is 2.50 bits per heavy atom. The summed E-state index contributed by atoms with van der Waals surface area (Å²) in [5.74, 6) is 1.15. The van der Waals surface area contributed by atoms with Crippen molar-refractivity contribution in [3.63, 3.8) is 0 Å². The van der Waals surface area contributed by atoms with Crippen LogP contribution in [0.2, 0.25) is 0 Å². The van der Waals surface area contributed by atoms with Crippen LogP contribution in [0.3, 0.4) is 0 Å². The fourth-order valence-electron chi connectivity index (χ4n) is 0.964. The number of ether oxygens (including phenoxy) is 3. The van der Waals surface area contributed by atoms with Crippen molar-refractivity contribution in [3.8, 4) is 17.6 Å². The molecule has 0 aromatic heterocycles. The molecule has 4 nitrogen and oxygen atoms in total. The number of nitrogens with zero attached hydrogens (tertiary/aromatic N) is 1. The van der Waals surface area contributed by atoms with E-state index in [0.717, 1.165) is 0 Å². The fourth-order valence-corrected chi connectivity index (χ4v) is 0.964. The quantitative estimate of drug-likeness (QED) is 0.681. The first kappa shape index (κ1) is 10.4. The van der Waals surface area contributed by atoms with Gasteiger partial charge in [0.1, 0.15) is 11.5 Å². The molecule has 0 saturated carbocycles. The van der Waals surface area contributed by atoms with E-state index in [9.17, 15) is 0 Å². The first-order chi connectivity index (χ1) is 6.80. The van der Waals surface area contributed by atoms with E-state index in [1.165, 1.54) is 14.2 Å². The van der Waals surface area contributed by atoms with Gasteiger partial charge in [0.05, 0.1) is 18.7 Å². The second-order valence-electron chi connectivity index (χ2n) is 2.56. The molecule has 0 bridgehead atoms. The first-order valence-electron chi connectivity index (χ1n) is 4.01. The summed E-state index contributed by atoms with van der Waals surface area (Å²) in [5, 5.41) is 8.72. The Morgan fingerprint density at radius 1 is 1.21 bits per heavy atom. The fraction of sp³-hybridized carbons (Fsp3) is 0.300. The molecule has 0 aliphatic carbocycles. The lowest BCUT2D eigenvalue weighted by atomic mass is 10.2. The summed E-state index contributed by atoms with van der Waals surface area (Å²) in [5.41, 5.74) is 0.496. The highest BCUT2D eigenvalue weighted by molar-refractivity contribution is 5.43. The van der Waals surface area contributed by atoms with E-state index in [2.05, 4.69) is 0 Å². The SMILES string of the molecule is COCOc1cc(C#N)cc(OC)c1. The Balaban J connectivity index is 2.88. The number of hydrogen-bond donors (Lipinski definition) is 0. The standard InChI is InChI=1S/C10H11NO3/c1-12-7-14-10-4-8(6-11)3-9(5-10)13-2/h3-5H,7H2,1-2H3. The summed E-state index contributed by atoms with van der Waals surface area (Å²) in [7, 11) is 3.07. The molecule has 0 unspecified atom stereocenters. The number of nitriles is 1. The molecular formula is C10H11NO3. The van der Waals surface area contributed by atoms with Gasteiger partial charge in [0.25, 0.3) is 0 Å². The minimum absolute atomic E-state index is 0.151. The van der Waals surface area contributed by atoms with Crippen molar-refractivity contribution < 1.29 is 14.2 Å². The highest BCUT2D eigenvalue weighted by Gasteiger charge is 2.01. The van der Waals surface area contributed by atoms with Crippen molar-refractivity contribution >= 4 is 0 Å². The molecule has 0 aliphatic heterocycles. The van der Waals surface area contributed by atoms with Crippen LogP contribution >= 0.6 is 0 Å². The van der Waals surface area contributed by atoms with E-state index in [0.29, 0.717) is 17.1 Å². The zero-order valence-electron chi connectivity index (χ0n) is 8.11. The molecular weight excluding hydrogens is 182 g/mol. The van der Waals surface area contributed by atoms with E-state index in [4.69, 9.17) is 19.5 Å². The summed E-state index contributed by atoms with van der Waals surface area (Å²) < 4.78 is 14.9. The number of hydrogen-bond acceptors (Lipinski definition) is 4. The van der Waals surface area contributed by atoms with Crippen LogP contribution in [0.1, 0.15) is 5.56 Å². The van der Waals surface area contributed by atoms with Crippen molar-refractivity contribution in [2.45, 2.75) is 0 Å². The van der Waals surface area contributed by atoms with Gasteiger partial charge < -0.3 is 14.2 Å². The second kappa shape index (κ2) is 5.10. The molecule has 74 valence electrons. The molecule has 0 saturated heterocycles. The van der Waals surface area contributed by atoms with Gasteiger partial charge in [-0.2, -0.15) is 5.26 Å². The van der Waals surface area contributed by atoms with Crippen LogP contribution in [0.15, 0.2) is 18.2 Å². The number of methoxy groups -OCH3 is 2. The average Bonchev–Trinajstić information content (AvgIpc) is 2.25. The van der Waals surface area contributed by atoms with Gasteiger partial charge in [-0.25, -0.2) is 0 Å². The van der Waals surface area contributed by atoms with Crippen LogP contribution in [-0.4, -0.2) is 21.0 Å². The third-order valence-electron chi connectivity index (χ3n) is 1.59. The van der Waals surface area contributed by atoms with E-state index < -0.39 is 0 Å². The van der Waals surface area contributed by atoms with E-state index in [1.807, 2.05) is 6.07 Å². The van der Waals surface area contributed by atoms with Gasteiger partial charge in [0, 0.05) is 13.2 Å². The summed E-state index contributed by atoms with van der Waals surface area (Å²) in [6.45, 7) is 0.151. The predicted molar refractivity (Wildman–Crippen MR) is 50.2 cm³/mol. The molecule has 0 radical (unpaired) electrons. The monoisotopic (exact) mass is 193 g/mol. The molecule has 0 aliphatic rings. The highest BCUT2D eigenvalue weighted by Crippen LogP contribution is 2.22. The lowest BCUT2D eigenvalue weighted by Crippen LogP contribution is -1.99. The van der Waals surface area contributed by atoms with Gasteiger partial charge in [-0.1, -0.05) is 0 Å². The van der Waals surface area contributed by atoms with Crippen molar-refractivity contribution in [2.75, 3.05) is 21.0 Å². The van der Waals surface area contributed by atoms with Gasteiger partial charge in [0.15, 0.2) is 6.79 Å². The third kappa shape index (κ3) is 2.64. The van der Waals surface area contributed by atoms with Crippen molar-refractivity contribution in [1.29, 1.82) is 5.26 Å². The van der Waals surface area contributed by atoms with Gasteiger partial charge in [-0.05, 0) is 12.1 Å². The van der Waals surface area contributed by atoms with Gasteiger partial charge in [-0.3, -0.25) is 0 Å². The summed E-state index contributed by atoms with van der Waals surface area (Å²) >= 11 is 0. The van der Waals surface area contributed by atoms with E-state index in [1.54, 1.807) is 18.2 Å². The maximum Gasteiger partial charge on any atom is 0.188 e. The molecule has 1 rings (SSSR count). The van der Waals surface area contributed by atoms with Gasteiger partial charge >= 0.3 is 0 Å². The normalized spacial score (nSPS) is 9.21. The molecule has 1 aromatic rings. The minimum Gasteiger partial charge on any atom is -0.497 e. The number of rotatable bonds is 4. The van der Waals surface area contributed by atoms with Gasteiger partial charge in [-0.15, -0.1) is 0 Å². The van der Waals surface area contributed by atoms with Crippen LogP contribution in [-0.2, 0) is 4.74 Å². The van der Waals surface area contributed by atoms with Crippen molar-refractivity contribution in [1.82, 2.24) is 0 Å². The van der Waals surface area contributed by atoms with Gasteiger partial charge in [0.2, 0.25) is 0 Å². The van der Waals surface area contributed by atoms with Crippen LogP contribution in [0.4, 0.5) is 0 Å². The zero-order chi connectivity index (χ0) is 10.4. The number of benzene rings is 1. The molecule has 0 spiro atoms. The maximum absolute atomic E-state index is 8.72. The lowest BCUT2D eigenvalue weighted by Gasteiger charge is -2.06. The molecule has 0 heterocycles. The molecule has 0 N–H and O–H groups in total. The average molecular weight is 193 g/mol. The van der Waals surface area contributed by atoms with Crippen LogP contribution in [0.5, 0.6) is 11.5 Å².